The van der Waals surface area contributed by atoms with Gasteiger partial charge in [0.05, 0.1) is 11.1 Å². The van der Waals surface area contributed by atoms with Crippen LogP contribution in [0.25, 0.3) is 22.2 Å². The summed E-state index contributed by atoms with van der Waals surface area (Å²) in [5.74, 6) is 3.47. The van der Waals surface area contributed by atoms with Gasteiger partial charge in [0.15, 0.2) is 0 Å². The van der Waals surface area contributed by atoms with E-state index in [1.54, 1.807) is 48.5 Å². The lowest BCUT2D eigenvalue weighted by Crippen LogP contribution is -2.01. The summed E-state index contributed by atoms with van der Waals surface area (Å²) in [5, 5.41) is 10.9. The molecule has 1 heterocycles. The van der Waals surface area contributed by atoms with Crippen molar-refractivity contribution in [1.82, 2.24) is 4.73 Å². The third-order valence-corrected chi connectivity index (χ3v) is 3.48. The molecule has 116 valence electrons. The van der Waals surface area contributed by atoms with Gasteiger partial charge in [-0.3, -0.25) is 0 Å². The van der Waals surface area contributed by atoms with E-state index in [9.17, 15) is 18.4 Å². The van der Waals surface area contributed by atoms with Crippen molar-refractivity contribution in [2.75, 3.05) is 0 Å². The molecule has 3 aromatic rings. The lowest BCUT2D eigenvalue weighted by atomic mass is 10.0. The minimum Gasteiger partial charge on any atom is -0.428 e. The van der Waals surface area contributed by atoms with Crippen molar-refractivity contribution < 1.29 is 18.4 Å². The summed E-state index contributed by atoms with van der Waals surface area (Å²) in [6.07, 6.45) is -4.59. The molecule has 0 radical (unpaired) electrons. The van der Waals surface area contributed by atoms with Gasteiger partial charge in [-0.15, -0.1) is 0 Å². The molecule has 0 aliphatic heterocycles. The number of fused-ring (bicyclic) bond motifs is 1. The molecule has 0 spiro atoms. The van der Waals surface area contributed by atoms with Crippen molar-refractivity contribution in [2.45, 2.75) is 13.1 Å². The fourth-order valence-corrected chi connectivity index (χ4v) is 2.50. The van der Waals surface area contributed by atoms with Crippen LogP contribution in [-0.2, 0) is 0 Å². The normalized spacial score (nSPS) is 11.3. The molecule has 2 nitrogen and oxygen atoms in total. The summed E-state index contributed by atoms with van der Waals surface area (Å²) < 4.78 is 38.4. The quantitative estimate of drug-likeness (QED) is 0.508. The molecule has 2 aromatic carbocycles. The highest BCUT2D eigenvalue weighted by atomic mass is 19.4. The molecule has 0 unspecified atom stereocenters. The molecule has 0 amide bonds. The van der Waals surface area contributed by atoms with E-state index in [1.807, 2.05) is 6.92 Å². The molecule has 0 bridgehead atoms. The van der Waals surface area contributed by atoms with Gasteiger partial charge in [-0.2, -0.15) is 17.9 Å². The first kappa shape index (κ1) is 15.0. The summed E-state index contributed by atoms with van der Waals surface area (Å²) in [7, 11) is 0. The van der Waals surface area contributed by atoms with E-state index in [2.05, 4.69) is 5.92 Å². The summed E-state index contributed by atoms with van der Waals surface area (Å²) >= 11 is 0. The minimum absolute atomic E-state index is 0.158. The summed E-state index contributed by atoms with van der Waals surface area (Å²) in [5.41, 5.74) is 2.32. The Bertz CT molecular complexity index is 928. The van der Waals surface area contributed by atoms with Crippen LogP contribution in [0.5, 0.6) is 0 Å². The molecule has 0 atom stereocenters. The number of nitrogens with zero attached hydrogens (tertiary/aromatic N) is 1. The van der Waals surface area contributed by atoms with Crippen LogP contribution in [-0.4, -0.2) is 16.1 Å². The number of benzene rings is 2. The number of hydrogen-bond donors (Lipinski definition) is 1. The Labute approximate surface area is 130 Å². The average molecular weight is 315 g/mol. The Morgan fingerprint density at radius 2 is 1.74 bits per heavy atom. The van der Waals surface area contributed by atoms with Crippen molar-refractivity contribution >= 4 is 10.9 Å². The number of halogens is 3. The van der Waals surface area contributed by atoms with Gasteiger partial charge in [0.2, 0.25) is 0 Å². The molecule has 5 heteroatoms. The Balaban J connectivity index is 2.37. The van der Waals surface area contributed by atoms with Crippen molar-refractivity contribution in [2.24, 2.45) is 0 Å². The van der Waals surface area contributed by atoms with Gasteiger partial charge in [0.1, 0.15) is 5.69 Å². The van der Waals surface area contributed by atoms with E-state index >= 15 is 0 Å². The van der Waals surface area contributed by atoms with Crippen LogP contribution in [0.1, 0.15) is 11.1 Å². The van der Waals surface area contributed by atoms with Gasteiger partial charge in [0, 0.05) is 16.9 Å². The van der Waals surface area contributed by atoms with E-state index in [0.29, 0.717) is 16.5 Å². The van der Waals surface area contributed by atoms with Gasteiger partial charge in [0.25, 0.3) is 0 Å². The lowest BCUT2D eigenvalue weighted by molar-refractivity contribution is -0.0696. The molecule has 0 aliphatic rings. The number of hydrogen-bond acceptors (Lipinski definition) is 1. The zero-order valence-corrected chi connectivity index (χ0v) is 12.1. The second kappa shape index (κ2) is 5.40. The third-order valence-electron chi connectivity index (χ3n) is 3.48. The second-order valence-corrected chi connectivity index (χ2v) is 5.17. The molecule has 0 aliphatic carbocycles. The third kappa shape index (κ3) is 2.88. The van der Waals surface area contributed by atoms with Crippen molar-refractivity contribution in [3.8, 4) is 23.1 Å². The monoisotopic (exact) mass is 315 g/mol. The molecule has 1 N–H and O–H groups in total. The van der Waals surface area contributed by atoms with Crippen molar-refractivity contribution in [1.29, 1.82) is 0 Å². The Morgan fingerprint density at radius 1 is 1.04 bits per heavy atom. The fraction of sp³-hybridized carbons (Fsp3) is 0.111. The van der Waals surface area contributed by atoms with Crippen LogP contribution in [0.3, 0.4) is 0 Å². The highest BCUT2D eigenvalue weighted by Gasteiger charge is 2.24. The summed E-state index contributed by atoms with van der Waals surface area (Å²) in [6, 6.07) is 13.9. The highest BCUT2D eigenvalue weighted by molar-refractivity contribution is 5.94. The number of aromatic nitrogens is 1. The number of rotatable bonds is 1. The maximum Gasteiger partial charge on any atom is 0.458 e. The van der Waals surface area contributed by atoms with Gasteiger partial charge < -0.3 is 5.21 Å². The Kier molecular flexibility index (Phi) is 3.53. The Hall–Kier alpha value is -2.87. The fourth-order valence-electron chi connectivity index (χ4n) is 2.50. The largest absolute Gasteiger partial charge is 0.458 e. The van der Waals surface area contributed by atoms with Gasteiger partial charge in [-0.05, 0) is 18.6 Å². The Morgan fingerprint density at radius 3 is 2.39 bits per heavy atom. The van der Waals surface area contributed by atoms with E-state index in [-0.39, 0.29) is 11.3 Å². The van der Waals surface area contributed by atoms with Crippen LogP contribution in [0.15, 0.2) is 48.5 Å². The molecule has 23 heavy (non-hydrogen) atoms. The van der Waals surface area contributed by atoms with Crippen LogP contribution in [0.2, 0.25) is 0 Å². The molecular formula is C18H12F3NO. The molecule has 0 fully saturated rings. The van der Waals surface area contributed by atoms with Gasteiger partial charge in [-0.1, -0.05) is 48.4 Å². The maximum absolute atomic E-state index is 12.5. The van der Waals surface area contributed by atoms with Gasteiger partial charge in [-0.25, -0.2) is 0 Å². The van der Waals surface area contributed by atoms with Crippen LogP contribution in [0.4, 0.5) is 13.2 Å². The van der Waals surface area contributed by atoms with Crippen molar-refractivity contribution in [3.05, 3.63) is 59.7 Å². The SMILES string of the molecule is Cc1ccc2c(C#CC(F)(F)F)c(-c3ccccc3)n(O)c2c1. The predicted molar refractivity (Wildman–Crippen MR) is 82.2 cm³/mol. The first-order valence-electron chi connectivity index (χ1n) is 6.86. The topological polar surface area (TPSA) is 25.2 Å². The molecule has 0 saturated carbocycles. The van der Waals surface area contributed by atoms with E-state index < -0.39 is 6.18 Å². The summed E-state index contributed by atoms with van der Waals surface area (Å²) in [6.45, 7) is 1.84. The van der Waals surface area contributed by atoms with Crippen LogP contribution in [0, 0.1) is 18.8 Å². The maximum atomic E-state index is 12.5. The second-order valence-electron chi connectivity index (χ2n) is 5.17. The van der Waals surface area contributed by atoms with Gasteiger partial charge >= 0.3 is 6.18 Å². The first-order valence-corrected chi connectivity index (χ1v) is 6.86. The molecular weight excluding hydrogens is 303 g/mol. The van der Waals surface area contributed by atoms with E-state index in [4.69, 9.17) is 0 Å². The standard InChI is InChI=1S/C18H12F3NO/c1-12-7-8-14-15(9-10-18(19,20)21)17(22(23)16(14)11-12)13-5-3-2-4-6-13/h2-8,11,23H,1H3. The predicted octanol–water partition coefficient (Wildman–Crippen LogP) is 4.77. The number of aryl methyl sites for hydroxylation is 1. The highest BCUT2D eigenvalue weighted by Crippen LogP contribution is 2.33. The molecule has 1 aromatic heterocycles. The zero-order chi connectivity index (χ0) is 16.6. The first-order chi connectivity index (χ1) is 10.9. The molecule has 0 saturated heterocycles. The number of alkyl halides is 3. The van der Waals surface area contributed by atoms with E-state index in [1.165, 1.54) is 5.92 Å². The molecule has 3 rings (SSSR count). The van der Waals surface area contributed by atoms with E-state index in [0.717, 1.165) is 10.3 Å². The van der Waals surface area contributed by atoms with Crippen LogP contribution >= 0.6 is 0 Å². The average Bonchev–Trinajstić information content (AvgIpc) is 2.77. The van der Waals surface area contributed by atoms with Crippen LogP contribution < -0.4 is 0 Å². The zero-order valence-electron chi connectivity index (χ0n) is 12.1. The minimum atomic E-state index is -4.59. The summed E-state index contributed by atoms with van der Waals surface area (Å²) in [4.78, 5) is 0. The smallest absolute Gasteiger partial charge is 0.428 e. The van der Waals surface area contributed by atoms with Crippen molar-refractivity contribution in [3.63, 3.8) is 0 Å². The lowest BCUT2D eigenvalue weighted by Gasteiger charge is -2.04.